The zero-order chi connectivity index (χ0) is 16.9. The molecule has 122 valence electrons. The quantitative estimate of drug-likeness (QED) is 0.880. The van der Waals surface area contributed by atoms with Crippen molar-refractivity contribution in [2.24, 2.45) is 0 Å². The Morgan fingerprint density at radius 3 is 2.57 bits per heavy atom. The highest BCUT2D eigenvalue weighted by atomic mass is 19.4. The van der Waals surface area contributed by atoms with Crippen LogP contribution in [0.3, 0.4) is 0 Å². The Morgan fingerprint density at radius 1 is 1.13 bits per heavy atom. The van der Waals surface area contributed by atoms with Crippen LogP contribution in [0.15, 0.2) is 48.5 Å². The van der Waals surface area contributed by atoms with Crippen molar-refractivity contribution >= 4 is 17.3 Å². The summed E-state index contributed by atoms with van der Waals surface area (Å²) in [5, 5.41) is 5.09. The Balaban J connectivity index is 2.00. The molecule has 7 heteroatoms. The lowest BCUT2D eigenvalue weighted by Gasteiger charge is -2.14. The van der Waals surface area contributed by atoms with Gasteiger partial charge in [-0.1, -0.05) is 18.2 Å². The van der Waals surface area contributed by atoms with Crippen molar-refractivity contribution < 1.29 is 22.7 Å². The summed E-state index contributed by atoms with van der Waals surface area (Å²) in [5.74, 6) is 0.0299. The maximum atomic E-state index is 12.9. The average Bonchev–Trinajstić information content (AvgIpc) is 2.52. The minimum atomic E-state index is -4.52. The predicted molar refractivity (Wildman–Crippen MR) is 81.6 cm³/mol. The van der Waals surface area contributed by atoms with Gasteiger partial charge < -0.3 is 15.4 Å². The molecule has 0 spiro atoms. The minimum absolute atomic E-state index is 0.167. The fraction of sp³-hybridized carbons (Fsp3) is 0.188. The summed E-state index contributed by atoms with van der Waals surface area (Å²) in [6, 6.07) is 11.7. The summed E-state index contributed by atoms with van der Waals surface area (Å²) in [6.45, 7) is -0.167. The van der Waals surface area contributed by atoms with Crippen LogP contribution in [0.5, 0.6) is 5.75 Å². The second kappa shape index (κ2) is 7.04. The maximum Gasteiger partial charge on any atom is 0.418 e. The van der Waals surface area contributed by atoms with Crippen molar-refractivity contribution in [3.63, 3.8) is 0 Å². The normalized spacial score (nSPS) is 11.0. The van der Waals surface area contributed by atoms with Crippen molar-refractivity contribution in [2.45, 2.75) is 6.18 Å². The second-order valence-electron chi connectivity index (χ2n) is 4.68. The molecule has 0 unspecified atom stereocenters. The molecule has 0 fully saturated rings. The van der Waals surface area contributed by atoms with Gasteiger partial charge in [-0.05, 0) is 24.3 Å². The maximum absolute atomic E-state index is 12.9. The molecule has 23 heavy (non-hydrogen) atoms. The number of alkyl halides is 3. The molecule has 4 nitrogen and oxygen atoms in total. The topological polar surface area (TPSA) is 50.4 Å². The van der Waals surface area contributed by atoms with Gasteiger partial charge in [0.15, 0.2) is 0 Å². The molecule has 0 saturated carbocycles. The van der Waals surface area contributed by atoms with Gasteiger partial charge in [0.1, 0.15) is 5.75 Å². The van der Waals surface area contributed by atoms with E-state index >= 15 is 0 Å². The highest BCUT2D eigenvalue weighted by Gasteiger charge is 2.33. The number of carbonyl (C=O) groups is 1. The van der Waals surface area contributed by atoms with Crippen LogP contribution in [0.1, 0.15) is 5.56 Å². The fourth-order valence-electron chi connectivity index (χ4n) is 1.95. The second-order valence-corrected chi connectivity index (χ2v) is 4.68. The largest absolute Gasteiger partial charge is 0.497 e. The van der Waals surface area contributed by atoms with E-state index in [1.54, 1.807) is 24.3 Å². The zero-order valence-corrected chi connectivity index (χ0v) is 12.3. The predicted octanol–water partition coefficient (Wildman–Crippen LogP) is 3.76. The lowest BCUT2D eigenvalue weighted by Crippen LogP contribution is -2.23. The van der Waals surface area contributed by atoms with E-state index in [0.717, 1.165) is 6.07 Å². The monoisotopic (exact) mass is 324 g/mol. The van der Waals surface area contributed by atoms with Crippen LogP contribution in [0, 0.1) is 0 Å². The molecule has 1 amide bonds. The van der Waals surface area contributed by atoms with Gasteiger partial charge in [-0.25, -0.2) is 0 Å². The first kappa shape index (κ1) is 16.7. The Morgan fingerprint density at radius 2 is 1.87 bits per heavy atom. The molecule has 2 N–H and O–H groups in total. The third kappa shape index (κ3) is 4.64. The van der Waals surface area contributed by atoms with Crippen LogP contribution in [0.25, 0.3) is 0 Å². The lowest BCUT2D eigenvalue weighted by molar-refractivity contribution is -0.137. The van der Waals surface area contributed by atoms with Crippen molar-refractivity contribution in [2.75, 3.05) is 24.3 Å². The lowest BCUT2D eigenvalue weighted by atomic mass is 10.1. The van der Waals surface area contributed by atoms with E-state index in [4.69, 9.17) is 4.74 Å². The molecule has 0 heterocycles. The van der Waals surface area contributed by atoms with Gasteiger partial charge in [-0.15, -0.1) is 0 Å². The summed E-state index contributed by atoms with van der Waals surface area (Å²) in [4.78, 5) is 11.8. The SMILES string of the molecule is COc1cccc(NCC(=O)Nc2ccccc2C(F)(F)F)c1. The summed E-state index contributed by atoms with van der Waals surface area (Å²) in [5.41, 5.74) is -0.518. The Kier molecular flexibility index (Phi) is 5.10. The number of rotatable bonds is 5. The van der Waals surface area contributed by atoms with Gasteiger partial charge in [0.2, 0.25) is 5.91 Å². The molecule has 0 bridgehead atoms. The number of halogens is 3. The van der Waals surface area contributed by atoms with E-state index < -0.39 is 17.6 Å². The number of benzene rings is 2. The van der Waals surface area contributed by atoms with E-state index in [2.05, 4.69) is 10.6 Å². The highest BCUT2D eigenvalue weighted by molar-refractivity contribution is 5.94. The van der Waals surface area contributed by atoms with Crippen LogP contribution < -0.4 is 15.4 Å². The van der Waals surface area contributed by atoms with Gasteiger partial charge in [-0.3, -0.25) is 4.79 Å². The number of hydrogen-bond acceptors (Lipinski definition) is 3. The molecule has 0 aliphatic heterocycles. The standard InChI is InChI=1S/C16H15F3N2O2/c1-23-12-6-4-5-11(9-12)20-10-15(22)21-14-8-3-2-7-13(14)16(17,18)19/h2-9,20H,10H2,1H3,(H,21,22). The first-order chi connectivity index (χ1) is 10.9. The Bertz CT molecular complexity index is 687. The van der Waals surface area contributed by atoms with Crippen LogP contribution >= 0.6 is 0 Å². The minimum Gasteiger partial charge on any atom is -0.497 e. The van der Waals surface area contributed by atoms with Gasteiger partial charge in [0.25, 0.3) is 0 Å². The van der Waals surface area contributed by atoms with Crippen molar-refractivity contribution in [1.82, 2.24) is 0 Å². The number of carbonyl (C=O) groups excluding carboxylic acids is 1. The fourth-order valence-corrected chi connectivity index (χ4v) is 1.95. The van der Waals surface area contributed by atoms with Crippen molar-refractivity contribution in [3.05, 3.63) is 54.1 Å². The zero-order valence-electron chi connectivity index (χ0n) is 12.3. The number of hydrogen-bond donors (Lipinski definition) is 2. The van der Waals surface area contributed by atoms with E-state index in [9.17, 15) is 18.0 Å². The Labute approximate surface area is 131 Å². The molecule has 0 radical (unpaired) electrons. The molecule has 2 aromatic rings. The molecule has 2 aromatic carbocycles. The van der Waals surface area contributed by atoms with Crippen LogP contribution in [-0.4, -0.2) is 19.6 Å². The van der Waals surface area contributed by atoms with Gasteiger partial charge in [0.05, 0.1) is 24.9 Å². The van der Waals surface area contributed by atoms with Gasteiger partial charge in [0, 0.05) is 11.8 Å². The number of ether oxygens (including phenoxy) is 1. The van der Waals surface area contributed by atoms with E-state index in [1.165, 1.54) is 25.3 Å². The molecule has 0 saturated heterocycles. The first-order valence-corrected chi connectivity index (χ1v) is 6.74. The molecular formula is C16H15F3N2O2. The Hall–Kier alpha value is -2.70. The van der Waals surface area contributed by atoms with E-state index in [0.29, 0.717) is 11.4 Å². The molecule has 2 rings (SSSR count). The third-order valence-electron chi connectivity index (χ3n) is 3.03. The highest BCUT2D eigenvalue weighted by Crippen LogP contribution is 2.34. The number of para-hydroxylation sites is 1. The summed E-state index contributed by atoms with van der Waals surface area (Å²) in [7, 11) is 1.51. The van der Waals surface area contributed by atoms with Crippen LogP contribution in [-0.2, 0) is 11.0 Å². The average molecular weight is 324 g/mol. The number of anilines is 2. The van der Waals surface area contributed by atoms with Crippen molar-refractivity contribution in [1.29, 1.82) is 0 Å². The molecule has 0 aliphatic rings. The number of methoxy groups -OCH3 is 1. The summed E-state index contributed by atoms with van der Waals surface area (Å²) in [6.07, 6.45) is -4.52. The number of amides is 1. The van der Waals surface area contributed by atoms with Gasteiger partial charge in [-0.2, -0.15) is 13.2 Å². The van der Waals surface area contributed by atoms with Crippen LogP contribution in [0.4, 0.5) is 24.5 Å². The van der Waals surface area contributed by atoms with Gasteiger partial charge >= 0.3 is 6.18 Å². The molecule has 0 aromatic heterocycles. The summed E-state index contributed by atoms with van der Waals surface area (Å²) < 4.78 is 43.6. The molecule has 0 aliphatic carbocycles. The molecular weight excluding hydrogens is 309 g/mol. The van der Waals surface area contributed by atoms with Crippen molar-refractivity contribution in [3.8, 4) is 5.75 Å². The summed E-state index contributed by atoms with van der Waals surface area (Å²) >= 11 is 0. The number of nitrogens with one attached hydrogen (secondary N) is 2. The smallest absolute Gasteiger partial charge is 0.418 e. The van der Waals surface area contributed by atoms with E-state index in [-0.39, 0.29) is 12.2 Å². The first-order valence-electron chi connectivity index (χ1n) is 6.74. The van der Waals surface area contributed by atoms with Crippen LogP contribution in [0.2, 0.25) is 0 Å². The molecule has 0 atom stereocenters. The third-order valence-corrected chi connectivity index (χ3v) is 3.03. The van der Waals surface area contributed by atoms with E-state index in [1.807, 2.05) is 0 Å².